The molecule has 0 N–H and O–H groups in total. The quantitative estimate of drug-likeness (QED) is 0.369. The average Bonchev–Trinajstić information content (AvgIpc) is 2.66. The summed E-state index contributed by atoms with van der Waals surface area (Å²) in [5.41, 5.74) is 1.55. The van der Waals surface area contributed by atoms with Gasteiger partial charge in [0.05, 0.1) is 19.7 Å². The minimum Gasteiger partial charge on any atom is -0.493 e. The van der Waals surface area contributed by atoms with E-state index in [4.69, 9.17) is 25.8 Å². The summed E-state index contributed by atoms with van der Waals surface area (Å²) < 4.78 is 15.6. The molecular weight excluding hydrogens is 368 g/mol. The maximum Gasteiger partial charge on any atom is 0.308 e. The second-order valence-corrected chi connectivity index (χ2v) is 5.95. The Bertz CT molecular complexity index is 1020. The lowest BCUT2D eigenvalue weighted by molar-refractivity contribution is -0.131. The molecule has 1 aromatic heterocycles. The highest BCUT2D eigenvalue weighted by Gasteiger charge is 2.11. The first kappa shape index (κ1) is 18.7. The van der Waals surface area contributed by atoms with E-state index >= 15 is 0 Å². The molecule has 0 saturated heterocycles. The van der Waals surface area contributed by atoms with Gasteiger partial charge in [-0.2, -0.15) is 0 Å². The van der Waals surface area contributed by atoms with Crippen LogP contribution >= 0.6 is 11.6 Å². The predicted molar refractivity (Wildman–Crippen MR) is 104 cm³/mol. The molecule has 0 aliphatic heterocycles. The second-order valence-electron chi connectivity index (χ2n) is 5.59. The maximum atomic E-state index is 11.0. The van der Waals surface area contributed by atoms with E-state index in [1.54, 1.807) is 44.6 Å². The molecule has 3 rings (SSSR count). The first-order valence-corrected chi connectivity index (χ1v) is 8.44. The molecule has 0 spiro atoms. The van der Waals surface area contributed by atoms with Crippen LogP contribution in [0.15, 0.2) is 36.4 Å². The molecule has 0 amide bonds. The number of nitrogens with zero attached hydrogens (tertiary/aromatic N) is 2. The fraction of sp³-hybridized carbons (Fsp3) is 0.150. The van der Waals surface area contributed by atoms with E-state index in [9.17, 15) is 4.79 Å². The van der Waals surface area contributed by atoms with E-state index in [0.29, 0.717) is 39.1 Å². The van der Waals surface area contributed by atoms with E-state index in [2.05, 4.69) is 9.97 Å². The van der Waals surface area contributed by atoms with Crippen molar-refractivity contribution in [2.24, 2.45) is 0 Å². The standard InChI is InChI=1S/C20H17ClN2O4/c1-12(24)27-14-7-4-13(5-8-14)6-9-19-22-16-11-18(26-3)17(25-2)10-15(16)20(21)23-19/h4-11H,1-3H3/b9-6+. The number of carbonyl (C=O) groups excluding carboxylic acids is 1. The van der Waals surface area contributed by atoms with Gasteiger partial charge in [0.15, 0.2) is 17.3 Å². The van der Waals surface area contributed by atoms with E-state index in [-0.39, 0.29) is 5.97 Å². The van der Waals surface area contributed by atoms with Crippen LogP contribution in [0.1, 0.15) is 18.3 Å². The summed E-state index contributed by atoms with van der Waals surface area (Å²) >= 11 is 6.31. The van der Waals surface area contributed by atoms with Crippen molar-refractivity contribution < 1.29 is 19.0 Å². The summed E-state index contributed by atoms with van der Waals surface area (Å²) in [6, 6.07) is 10.6. The van der Waals surface area contributed by atoms with Crippen LogP contribution in [0.5, 0.6) is 17.2 Å². The van der Waals surface area contributed by atoms with Gasteiger partial charge in [-0.3, -0.25) is 4.79 Å². The zero-order chi connectivity index (χ0) is 19.4. The first-order chi connectivity index (χ1) is 13.0. The monoisotopic (exact) mass is 384 g/mol. The van der Waals surface area contributed by atoms with Gasteiger partial charge in [-0.15, -0.1) is 0 Å². The normalized spacial score (nSPS) is 11.0. The Hall–Kier alpha value is -3.12. The van der Waals surface area contributed by atoms with Gasteiger partial charge >= 0.3 is 5.97 Å². The van der Waals surface area contributed by atoms with Crippen LogP contribution in [0.25, 0.3) is 23.1 Å². The van der Waals surface area contributed by atoms with Crippen LogP contribution in [0.2, 0.25) is 5.15 Å². The van der Waals surface area contributed by atoms with Crippen LogP contribution in [0.3, 0.4) is 0 Å². The zero-order valence-corrected chi connectivity index (χ0v) is 15.8. The fourth-order valence-corrected chi connectivity index (χ4v) is 2.73. The molecule has 6 nitrogen and oxygen atoms in total. The minimum absolute atomic E-state index is 0.325. The highest BCUT2D eigenvalue weighted by atomic mass is 35.5. The molecule has 0 radical (unpaired) electrons. The van der Waals surface area contributed by atoms with Gasteiger partial charge in [0.2, 0.25) is 0 Å². The molecule has 1 heterocycles. The smallest absolute Gasteiger partial charge is 0.308 e. The molecule has 27 heavy (non-hydrogen) atoms. The van der Waals surface area contributed by atoms with E-state index in [1.807, 2.05) is 18.2 Å². The van der Waals surface area contributed by atoms with Gasteiger partial charge in [-0.25, -0.2) is 9.97 Å². The maximum absolute atomic E-state index is 11.0. The van der Waals surface area contributed by atoms with Crippen molar-refractivity contribution in [3.8, 4) is 17.2 Å². The number of hydrogen-bond donors (Lipinski definition) is 0. The van der Waals surface area contributed by atoms with Crippen molar-refractivity contribution in [3.63, 3.8) is 0 Å². The topological polar surface area (TPSA) is 70.5 Å². The van der Waals surface area contributed by atoms with Crippen LogP contribution in [-0.4, -0.2) is 30.2 Å². The van der Waals surface area contributed by atoms with Crippen LogP contribution < -0.4 is 14.2 Å². The SMILES string of the molecule is COc1cc2nc(/C=C/c3ccc(OC(C)=O)cc3)nc(Cl)c2cc1OC. The molecule has 0 fully saturated rings. The Morgan fingerprint density at radius 2 is 1.67 bits per heavy atom. The molecule has 0 bridgehead atoms. The lowest BCUT2D eigenvalue weighted by Gasteiger charge is -2.09. The summed E-state index contributed by atoms with van der Waals surface area (Å²) in [4.78, 5) is 19.8. The third kappa shape index (κ3) is 4.35. The molecule has 2 aromatic carbocycles. The average molecular weight is 385 g/mol. The Kier molecular flexibility index (Phi) is 5.57. The Morgan fingerprint density at radius 3 is 2.30 bits per heavy atom. The van der Waals surface area contributed by atoms with Gasteiger partial charge in [0, 0.05) is 18.4 Å². The van der Waals surface area contributed by atoms with E-state index in [1.165, 1.54) is 6.92 Å². The van der Waals surface area contributed by atoms with Crippen LogP contribution in [0.4, 0.5) is 0 Å². The van der Waals surface area contributed by atoms with Gasteiger partial charge in [0.1, 0.15) is 10.9 Å². The van der Waals surface area contributed by atoms with Crippen molar-refractivity contribution in [3.05, 3.63) is 52.9 Å². The molecule has 7 heteroatoms. The molecule has 0 atom stereocenters. The van der Waals surface area contributed by atoms with Crippen LogP contribution in [0, 0.1) is 0 Å². The molecule has 138 valence electrons. The lowest BCUT2D eigenvalue weighted by atomic mass is 10.2. The van der Waals surface area contributed by atoms with Crippen molar-refractivity contribution in [1.29, 1.82) is 0 Å². The number of ether oxygens (including phenoxy) is 3. The van der Waals surface area contributed by atoms with Gasteiger partial charge in [0.25, 0.3) is 0 Å². The molecule has 0 aliphatic rings. The number of methoxy groups -OCH3 is 2. The number of aromatic nitrogens is 2. The number of carbonyl (C=O) groups is 1. The third-order valence-electron chi connectivity index (χ3n) is 3.74. The molecule has 0 saturated carbocycles. The predicted octanol–water partition coefficient (Wildman–Crippen LogP) is 4.40. The molecule has 0 aliphatic carbocycles. The minimum atomic E-state index is -0.357. The Labute approximate surface area is 161 Å². The molecule has 3 aromatic rings. The molecule has 0 unspecified atom stereocenters. The number of rotatable bonds is 5. The summed E-state index contributed by atoms with van der Waals surface area (Å²) in [5, 5.41) is 1.00. The number of benzene rings is 2. The third-order valence-corrected chi connectivity index (χ3v) is 4.03. The number of esters is 1. The van der Waals surface area contributed by atoms with Crippen LogP contribution in [-0.2, 0) is 4.79 Å². The molecular formula is C20H17ClN2O4. The number of halogens is 1. The van der Waals surface area contributed by atoms with Gasteiger partial charge in [-0.05, 0) is 29.8 Å². The zero-order valence-electron chi connectivity index (χ0n) is 15.0. The Balaban J connectivity index is 1.90. The fourth-order valence-electron chi connectivity index (χ4n) is 2.49. The summed E-state index contributed by atoms with van der Waals surface area (Å²) in [6.07, 6.45) is 3.60. The Morgan fingerprint density at radius 1 is 1.00 bits per heavy atom. The van der Waals surface area contributed by atoms with Gasteiger partial charge < -0.3 is 14.2 Å². The van der Waals surface area contributed by atoms with Gasteiger partial charge in [-0.1, -0.05) is 29.8 Å². The highest BCUT2D eigenvalue weighted by molar-refractivity contribution is 6.34. The number of hydrogen-bond acceptors (Lipinski definition) is 6. The van der Waals surface area contributed by atoms with Crippen molar-refractivity contribution >= 4 is 40.6 Å². The summed E-state index contributed by atoms with van der Waals surface area (Å²) in [6.45, 7) is 1.36. The van der Waals surface area contributed by atoms with E-state index in [0.717, 1.165) is 5.56 Å². The second kappa shape index (κ2) is 8.05. The lowest BCUT2D eigenvalue weighted by Crippen LogP contribution is -2.00. The summed E-state index contributed by atoms with van der Waals surface area (Å²) in [7, 11) is 3.12. The largest absolute Gasteiger partial charge is 0.493 e. The first-order valence-electron chi connectivity index (χ1n) is 8.06. The van der Waals surface area contributed by atoms with Crippen molar-refractivity contribution in [1.82, 2.24) is 9.97 Å². The summed E-state index contributed by atoms with van der Waals surface area (Å²) in [5.74, 6) is 1.72. The van der Waals surface area contributed by atoms with Crippen molar-refractivity contribution in [2.45, 2.75) is 6.92 Å². The van der Waals surface area contributed by atoms with E-state index < -0.39 is 0 Å². The highest BCUT2D eigenvalue weighted by Crippen LogP contribution is 2.34. The number of fused-ring (bicyclic) bond motifs is 1. The van der Waals surface area contributed by atoms with Crippen molar-refractivity contribution in [2.75, 3.05) is 14.2 Å².